The van der Waals surface area contributed by atoms with Crippen molar-refractivity contribution >= 4 is 40.8 Å². The summed E-state index contributed by atoms with van der Waals surface area (Å²) in [6.07, 6.45) is 0.727. The van der Waals surface area contributed by atoms with Gasteiger partial charge in [0.15, 0.2) is 0 Å². The van der Waals surface area contributed by atoms with E-state index >= 15 is 0 Å². The van der Waals surface area contributed by atoms with Crippen LogP contribution in [0.2, 0.25) is 0 Å². The average molecular weight is 302 g/mol. The Kier molecular flexibility index (Phi) is 5.39. The molecule has 2 N–H and O–H groups in total. The molecule has 0 spiro atoms. The van der Waals surface area contributed by atoms with Gasteiger partial charge in [0.2, 0.25) is 0 Å². The van der Waals surface area contributed by atoms with Crippen LogP contribution in [-0.4, -0.2) is 17.0 Å². The second kappa shape index (κ2) is 6.59. The molecule has 1 amide bonds. The van der Waals surface area contributed by atoms with E-state index in [0.717, 1.165) is 17.5 Å². The summed E-state index contributed by atoms with van der Waals surface area (Å²) in [7, 11) is 0. The van der Waals surface area contributed by atoms with Gasteiger partial charge in [-0.1, -0.05) is 48.3 Å². The van der Waals surface area contributed by atoms with Gasteiger partial charge in [0.25, 0.3) is 5.91 Å². The molecule has 1 aromatic carbocycles. The number of para-hydroxylation sites is 1. The van der Waals surface area contributed by atoms with Crippen LogP contribution in [0.25, 0.3) is 0 Å². The molecule has 1 aromatic rings. The summed E-state index contributed by atoms with van der Waals surface area (Å²) in [5.74, 6) is -2.18. The van der Waals surface area contributed by atoms with E-state index in [-0.39, 0.29) is 0 Å². The van der Waals surface area contributed by atoms with Crippen molar-refractivity contribution in [3.8, 4) is 0 Å². The quantitative estimate of drug-likeness (QED) is 0.839. The summed E-state index contributed by atoms with van der Waals surface area (Å²) in [6.45, 7) is 3.79. The Bertz CT molecular complexity index is 553. The molecule has 0 aliphatic rings. The van der Waals surface area contributed by atoms with E-state index in [1.165, 1.54) is 0 Å². The van der Waals surface area contributed by atoms with Crippen molar-refractivity contribution in [1.29, 1.82) is 0 Å². The highest BCUT2D eigenvalue weighted by atomic mass is 35.5. The van der Waals surface area contributed by atoms with Crippen molar-refractivity contribution in [3.05, 3.63) is 39.4 Å². The number of benzene rings is 1. The Morgan fingerprint density at radius 1 is 1.26 bits per heavy atom. The van der Waals surface area contributed by atoms with Gasteiger partial charge in [-0.3, -0.25) is 4.79 Å². The number of aryl methyl sites for hydroxylation is 2. The zero-order chi connectivity index (χ0) is 14.6. The smallest absolute Gasteiger partial charge is 0.349 e. The van der Waals surface area contributed by atoms with Gasteiger partial charge in [0, 0.05) is 5.69 Å². The van der Waals surface area contributed by atoms with E-state index < -0.39 is 21.9 Å². The molecule has 102 valence electrons. The maximum absolute atomic E-state index is 11.8. The fourth-order valence-electron chi connectivity index (χ4n) is 1.56. The molecule has 1 rings (SSSR count). The number of hydrogen-bond donors (Lipinski definition) is 2. The predicted octanol–water partition coefficient (Wildman–Crippen LogP) is 3.27. The lowest BCUT2D eigenvalue weighted by Crippen LogP contribution is -2.16. The molecule has 6 heteroatoms. The topological polar surface area (TPSA) is 66.4 Å². The molecule has 0 aromatic heterocycles. The van der Waals surface area contributed by atoms with Gasteiger partial charge in [-0.25, -0.2) is 4.79 Å². The van der Waals surface area contributed by atoms with Crippen LogP contribution in [0.4, 0.5) is 5.69 Å². The first kappa shape index (κ1) is 15.5. The van der Waals surface area contributed by atoms with Crippen LogP contribution in [-0.2, 0) is 16.0 Å². The van der Waals surface area contributed by atoms with Crippen LogP contribution in [0.1, 0.15) is 18.1 Å². The summed E-state index contributed by atoms with van der Waals surface area (Å²) in [4.78, 5) is 22.5. The number of amides is 1. The number of rotatable bonds is 4. The highest BCUT2D eigenvalue weighted by Crippen LogP contribution is 2.23. The summed E-state index contributed by atoms with van der Waals surface area (Å²) < 4.78 is 0. The molecule has 0 heterocycles. The highest BCUT2D eigenvalue weighted by Gasteiger charge is 2.18. The first-order valence-electron chi connectivity index (χ1n) is 5.56. The third-order valence-electron chi connectivity index (χ3n) is 2.56. The van der Waals surface area contributed by atoms with Crippen molar-refractivity contribution < 1.29 is 14.7 Å². The minimum absolute atomic E-state index is 0.542. The number of aliphatic carboxylic acids is 1. The van der Waals surface area contributed by atoms with Crippen LogP contribution in [0.3, 0.4) is 0 Å². The number of nitrogens with one attached hydrogen (secondary N) is 1. The number of hydrogen-bond acceptors (Lipinski definition) is 2. The third kappa shape index (κ3) is 3.72. The normalized spacial score (nSPS) is 11.8. The van der Waals surface area contributed by atoms with Gasteiger partial charge >= 0.3 is 5.97 Å². The molecule has 0 saturated carbocycles. The van der Waals surface area contributed by atoms with Crippen LogP contribution >= 0.6 is 23.2 Å². The van der Waals surface area contributed by atoms with Gasteiger partial charge in [0.1, 0.15) is 10.1 Å². The summed E-state index contributed by atoms with van der Waals surface area (Å²) >= 11 is 11.1. The minimum Gasteiger partial charge on any atom is -0.477 e. The Morgan fingerprint density at radius 2 is 1.89 bits per heavy atom. The van der Waals surface area contributed by atoms with E-state index in [1.54, 1.807) is 0 Å². The second-order valence-electron chi connectivity index (χ2n) is 3.85. The van der Waals surface area contributed by atoms with Crippen molar-refractivity contribution in [3.63, 3.8) is 0 Å². The fourth-order valence-corrected chi connectivity index (χ4v) is 1.78. The first-order chi connectivity index (χ1) is 8.88. The minimum atomic E-state index is -1.44. The molecule has 0 bridgehead atoms. The van der Waals surface area contributed by atoms with Gasteiger partial charge in [-0.2, -0.15) is 0 Å². The van der Waals surface area contributed by atoms with E-state index in [1.807, 2.05) is 32.0 Å². The lowest BCUT2D eigenvalue weighted by atomic mass is 10.1. The molecule has 0 aliphatic carbocycles. The number of anilines is 1. The molecule has 0 aliphatic heterocycles. The molecule has 0 unspecified atom stereocenters. The van der Waals surface area contributed by atoms with Crippen molar-refractivity contribution in [2.24, 2.45) is 0 Å². The molecular formula is C13H13Cl2NO3. The number of carbonyl (C=O) groups excluding carboxylic acids is 1. The fraction of sp³-hybridized carbons (Fsp3) is 0.231. The Hall–Kier alpha value is -1.52. The molecule has 0 atom stereocenters. The van der Waals surface area contributed by atoms with E-state index in [4.69, 9.17) is 28.3 Å². The SMILES string of the molecule is CCc1cccc(C)c1NC(=O)/C(Cl)=C(/Cl)C(=O)O. The maximum Gasteiger partial charge on any atom is 0.349 e. The van der Waals surface area contributed by atoms with E-state index in [2.05, 4.69) is 5.32 Å². The monoisotopic (exact) mass is 301 g/mol. The standard InChI is InChI=1S/C13H13Cl2NO3/c1-3-8-6-4-5-7(2)11(8)16-12(17)9(14)10(15)13(18)19/h4-6H,3H2,1-2H3,(H,16,17)(H,18,19)/b10-9-. The largest absolute Gasteiger partial charge is 0.477 e. The first-order valence-corrected chi connectivity index (χ1v) is 6.32. The van der Waals surface area contributed by atoms with Gasteiger partial charge < -0.3 is 10.4 Å². The third-order valence-corrected chi connectivity index (χ3v) is 3.37. The molecule has 4 nitrogen and oxygen atoms in total. The lowest BCUT2D eigenvalue weighted by molar-refractivity contribution is -0.132. The molecule has 0 radical (unpaired) electrons. The van der Waals surface area contributed by atoms with Crippen molar-refractivity contribution in [2.75, 3.05) is 5.32 Å². The molecule has 19 heavy (non-hydrogen) atoms. The number of carbonyl (C=O) groups is 2. The Labute approximate surface area is 121 Å². The summed E-state index contributed by atoms with van der Waals surface area (Å²) in [6, 6.07) is 5.59. The van der Waals surface area contributed by atoms with Crippen molar-refractivity contribution in [2.45, 2.75) is 20.3 Å². The summed E-state index contributed by atoms with van der Waals surface area (Å²) in [5, 5.41) is 10.0. The second-order valence-corrected chi connectivity index (χ2v) is 4.61. The lowest BCUT2D eigenvalue weighted by Gasteiger charge is -2.12. The highest BCUT2D eigenvalue weighted by molar-refractivity contribution is 6.54. The summed E-state index contributed by atoms with van der Waals surface area (Å²) in [5.41, 5.74) is 2.43. The Balaban J connectivity index is 3.08. The number of carboxylic acids is 1. The zero-order valence-electron chi connectivity index (χ0n) is 10.5. The van der Waals surface area contributed by atoms with E-state index in [0.29, 0.717) is 5.69 Å². The van der Waals surface area contributed by atoms with Gasteiger partial charge in [-0.05, 0) is 24.5 Å². The van der Waals surface area contributed by atoms with Crippen LogP contribution in [0.15, 0.2) is 28.3 Å². The van der Waals surface area contributed by atoms with Crippen molar-refractivity contribution in [1.82, 2.24) is 0 Å². The zero-order valence-corrected chi connectivity index (χ0v) is 12.0. The van der Waals surface area contributed by atoms with Crippen LogP contribution < -0.4 is 5.32 Å². The molecule has 0 fully saturated rings. The molecule has 0 saturated heterocycles. The number of carboxylic acid groups (broad SMARTS) is 1. The average Bonchev–Trinajstić information content (AvgIpc) is 2.38. The predicted molar refractivity (Wildman–Crippen MR) is 75.6 cm³/mol. The van der Waals surface area contributed by atoms with Crippen LogP contribution in [0, 0.1) is 6.92 Å². The van der Waals surface area contributed by atoms with Crippen LogP contribution in [0.5, 0.6) is 0 Å². The molecular weight excluding hydrogens is 289 g/mol. The van der Waals surface area contributed by atoms with Gasteiger partial charge in [0.05, 0.1) is 0 Å². The Morgan fingerprint density at radius 3 is 2.42 bits per heavy atom. The maximum atomic E-state index is 11.8. The number of halogens is 2. The van der Waals surface area contributed by atoms with Gasteiger partial charge in [-0.15, -0.1) is 0 Å². The van der Waals surface area contributed by atoms with E-state index in [9.17, 15) is 9.59 Å².